The molecule has 1 saturated carbocycles. The summed E-state index contributed by atoms with van der Waals surface area (Å²) in [7, 11) is 0. The molecule has 1 aromatic carbocycles. The van der Waals surface area contributed by atoms with Crippen molar-refractivity contribution < 1.29 is 19.4 Å². The molecule has 3 rings (SSSR count). The number of carbonyl (C=O) groups excluding carboxylic acids is 1. The SMILES string of the molecule is CCOc1ccc(CCC2CCN(C(=O)C3(C(=O)O)CC3)CC2)cc1. The van der Waals surface area contributed by atoms with Gasteiger partial charge in [-0.2, -0.15) is 0 Å². The highest BCUT2D eigenvalue weighted by Crippen LogP contribution is 2.48. The maximum absolute atomic E-state index is 12.4. The van der Waals surface area contributed by atoms with Crippen LogP contribution >= 0.6 is 0 Å². The van der Waals surface area contributed by atoms with E-state index in [4.69, 9.17) is 4.74 Å². The highest BCUT2D eigenvalue weighted by Gasteiger charge is 2.58. The van der Waals surface area contributed by atoms with Crippen molar-refractivity contribution in [2.24, 2.45) is 11.3 Å². The topological polar surface area (TPSA) is 66.8 Å². The lowest BCUT2D eigenvalue weighted by atomic mass is 9.89. The summed E-state index contributed by atoms with van der Waals surface area (Å²) in [6, 6.07) is 8.27. The Morgan fingerprint density at radius 1 is 1.20 bits per heavy atom. The van der Waals surface area contributed by atoms with E-state index in [1.807, 2.05) is 19.1 Å². The molecule has 0 aromatic heterocycles. The lowest BCUT2D eigenvalue weighted by Crippen LogP contribution is -2.45. The molecule has 1 saturated heterocycles. The van der Waals surface area contributed by atoms with Crippen molar-refractivity contribution in [3.63, 3.8) is 0 Å². The van der Waals surface area contributed by atoms with Gasteiger partial charge in [-0.15, -0.1) is 0 Å². The molecule has 1 N–H and O–H groups in total. The van der Waals surface area contributed by atoms with Gasteiger partial charge in [-0.05, 0) is 69.1 Å². The molecular formula is C20H27NO4. The maximum Gasteiger partial charge on any atom is 0.319 e. The molecule has 25 heavy (non-hydrogen) atoms. The minimum Gasteiger partial charge on any atom is -0.494 e. The molecule has 2 aliphatic rings. The summed E-state index contributed by atoms with van der Waals surface area (Å²) in [4.78, 5) is 25.5. The first kappa shape index (κ1) is 17.8. The van der Waals surface area contributed by atoms with Gasteiger partial charge < -0.3 is 14.7 Å². The van der Waals surface area contributed by atoms with E-state index >= 15 is 0 Å². The Bertz CT molecular complexity index is 613. The van der Waals surface area contributed by atoms with Crippen LogP contribution in [0.3, 0.4) is 0 Å². The number of hydrogen-bond acceptors (Lipinski definition) is 3. The molecule has 1 heterocycles. The van der Waals surface area contributed by atoms with Crippen LogP contribution in [0.4, 0.5) is 0 Å². The van der Waals surface area contributed by atoms with Crippen LogP contribution in [0.1, 0.15) is 44.6 Å². The minimum absolute atomic E-state index is 0.162. The summed E-state index contributed by atoms with van der Waals surface area (Å²) in [5.41, 5.74) is 0.222. The number of hydrogen-bond donors (Lipinski definition) is 1. The Morgan fingerprint density at radius 3 is 2.36 bits per heavy atom. The number of carboxylic acid groups (broad SMARTS) is 1. The largest absolute Gasteiger partial charge is 0.494 e. The molecule has 5 heteroatoms. The zero-order chi connectivity index (χ0) is 17.9. The van der Waals surface area contributed by atoms with Gasteiger partial charge in [0.25, 0.3) is 0 Å². The van der Waals surface area contributed by atoms with E-state index in [-0.39, 0.29) is 5.91 Å². The second-order valence-corrected chi connectivity index (χ2v) is 7.24. The van der Waals surface area contributed by atoms with E-state index in [0.717, 1.165) is 31.4 Å². The van der Waals surface area contributed by atoms with Crippen molar-refractivity contribution in [1.29, 1.82) is 0 Å². The number of piperidine rings is 1. The molecule has 2 fully saturated rings. The number of aliphatic carboxylic acids is 1. The Morgan fingerprint density at radius 2 is 1.84 bits per heavy atom. The average Bonchev–Trinajstić information content (AvgIpc) is 3.43. The molecule has 136 valence electrons. The van der Waals surface area contributed by atoms with Gasteiger partial charge in [0, 0.05) is 13.1 Å². The number of likely N-dealkylation sites (tertiary alicyclic amines) is 1. The summed E-state index contributed by atoms with van der Waals surface area (Å²) < 4.78 is 5.46. The smallest absolute Gasteiger partial charge is 0.319 e. The van der Waals surface area contributed by atoms with Crippen LogP contribution in [0.2, 0.25) is 0 Å². The van der Waals surface area contributed by atoms with Crippen LogP contribution in [-0.2, 0) is 16.0 Å². The third-order valence-corrected chi connectivity index (χ3v) is 5.55. The van der Waals surface area contributed by atoms with Crippen LogP contribution in [0.25, 0.3) is 0 Å². The molecule has 1 aliphatic heterocycles. The van der Waals surface area contributed by atoms with Gasteiger partial charge in [0.1, 0.15) is 11.2 Å². The molecule has 0 atom stereocenters. The monoisotopic (exact) mass is 345 g/mol. The Labute approximate surface area is 149 Å². The summed E-state index contributed by atoms with van der Waals surface area (Å²) in [5.74, 6) is 0.404. The van der Waals surface area contributed by atoms with E-state index in [9.17, 15) is 14.7 Å². The van der Waals surface area contributed by atoms with Gasteiger partial charge in [-0.3, -0.25) is 9.59 Å². The molecule has 0 unspecified atom stereocenters. The second-order valence-electron chi connectivity index (χ2n) is 7.24. The fraction of sp³-hybridized carbons (Fsp3) is 0.600. The van der Waals surface area contributed by atoms with Crippen molar-refractivity contribution >= 4 is 11.9 Å². The lowest BCUT2D eigenvalue weighted by Gasteiger charge is -2.33. The van der Waals surface area contributed by atoms with Gasteiger partial charge in [0.2, 0.25) is 5.91 Å². The first-order valence-electron chi connectivity index (χ1n) is 9.29. The molecule has 5 nitrogen and oxygen atoms in total. The quantitative estimate of drug-likeness (QED) is 0.771. The number of nitrogens with zero attached hydrogens (tertiary/aromatic N) is 1. The summed E-state index contributed by atoms with van der Waals surface area (Å²) in [6.07, 6.45) is 5.08. The van der Waals surface area contributed by atoms with Crippen molar-refractivity contribution in [2.45, 2.75) is 45.4 Å². The van der Waals surface area contributed by atoms with E-state index < -0.39 is 11.4 Å². The van der Waals surface area contributed by atoms with Crippen LogP contribution < -0.4 is 4.74 Å². The molecule has 1 amide bonds. The average molecular weight is 345 g/mol. The number of aryl methyl sites for hydroxylation is 1. The van der Waals surface area contributed by atoms with Gasteiger partial charge in [0.05, 0.1) is 6.61 Å². The third kappa shape index (κ3) is 3.97. The van der Waals surface area contributed by atoms with Crippen molar-refractivity contribution in [2.75, 3.05) is 19.7 Å². The zero-order valence-electron chi connectivity index (χ0n) is 14.9. The van der Waals surface area contributed by atoms with Gasteiger partial charge in [-0.1, -0.05) is 12.1 Å². The standard InChI is InChI=1S/C20H27NO4/c1-2-25-17-7-5-15(6-8-17)3-4-16-9-13-21(14-10-16)18(22)20(11-12-20)19(23)24/h5-8,16H,2-4,9-14H2,1H3,(H,23,24). The lowest BCUT2D eigenvalue weighted by molar-refractivity contribution is -0.154. The Kier molecular flexibility index (Phi) is 5.30. The van der Waals surface area contributed by atoms with E-state index in [0.29, 0.717) is 38.5 Å². The molecule has 0 bridgehead atoms. The third-order valence-electron chi connectivity index (χ3n) is 5.55. The molecule has 1 aromatic rings. The predicted molar refractivity (Wildman–Crippen MR) is 94.5 cm³/mol. The Balaban J connectivity index is 1.43. The van der Waals surface area contributed by atoms with Crippen LogP contribution in [0.5, 0.6) is 5.75 Å². The van der Waals surface area contributed by atoms with Gasteiger partial charge in [0.15, 0.2) is 0 Å². The second kappa shape index (κ2) is 7.46. The Hall–Kier alpha value is -2.04. The molecular weight excluding hydrogens is 318 g/mol. The van der Waals surface area contributed by atoms with Crippen molar-refractivity contribution in [3.05, 3.63) is 29.8 Å². The first-order valence-corrected chi connectivity index (χ1v) is 9.29. The summed E-state index contributed by atoms with van der Waals surface area (Å²) >= 11 is 0. The summed E-state index contributed by atoms with van der Waals surface area (Å²) in [5, 5.41) is 9.26. The van der Waals surface area contributed by atoms with Crippen LogP contribution in [0, 0.1) is 11.3 Å². The predicted octanol–water partition coefficient (Wildman–Crippen LogP) is 3.12. The number of amides is 1. The summed E-state index contributed by atoms with van der Waals surface area (Å²) in [6.45, 7) is 4.05. The normalized spacial score (nSPS) is 19.5. The highest BCUT2D eigenvalue weighted by atomic mass is 16.5. The van der Waals surface area contributed by atoms with Crippen molar-refractivity contribution in [1.82, 2.24) is 4.90 Å². The maximum atomic E-state index is 12.4. The van der Waals surface area contributed by atoms with Crippen LogP contribution in [-0.4, -0.2) is 41.6 Å². The number of rotatable bonds is 7. The number of ether oxygens (including phenoxy) is 1. The van der Waals surface area contributed by atoms with E-state index in [1.165, 1.54) is 5.56 Å². The highest BCUT2D eigenvalue weighted by molar-refractivity contribution is 6.04. The fourth-order valence-corrected chi connectivity index (χ4v) is 3.66. The van der Waals surface area contributed by atoms with E-state index in [2.05, 4.69) is 12.1 Å². The van der Waals surface area contributed by atoms with E-state index in [1.54, 1.807) is 4.90 Å². The minimum atomic E-state index is -1.09. The van der Waals surface area contributed by atoms with Gasteiger partial charge in [-0.25, -0.2) is 0 Å². The number of carboxylic acids is 1. The first-order chi connectivity index (χ1) is 12.0. The zero-order valence-corrected chi connectivity index (χ0v) is 14.9. The van der Waals surface area contributed by atoms with Crippen molar-refractivity contribution in [3.8, 4) is 5.75 Å². The number of carbonyl (C=O) groups is 2. The van der Waals surface area contributed by atoms with Gasteiger partial charge >= 0.3 is 5.97 Å². The molecule has 0 radical (unpaired) electrons. The van der Waals surface area contributed by atoms with Crippen LogP contribution in [0.15, 0.2) is 24.3 Å². The molecule has 0 spiro atoms. The number of benzene rings is 1. The fourth-order valence-electron chi connectivity index (χ4n) is 3.66. The molecule has 1 aliphatic carbocycles.